The molecule has 122 valence electrons. The maximum atomic E-state index is 12.8. The normalized spacial score (nSPS) is 15.5. The average Bonchev–Trinajstić information content (AvgIpc) is 2.24. The van der Waals surface area contributed by atoms with E-state index in [1.54, 1.807) is 0 Å². The fourth-order valence-electron chi connectivity index (χ4n) is 0.848. The molecule has 0 bridgehead atoms. The van der Waals surface area contributed by atoms with Crippen LogP contribution in [0.15, 0.2) is 0 Å². The Balaban J connectivity index is 5.80. The summed E-state index contributed by atoms with van der Waals surface area (Å²) in [7, 11) is -7.08. The van der Waals surface area contributed by atoms with E-state index in [1.807, 2.05) is 0 Å². The van der Waals surface area contributed by atoms with E-state index in [0.29, 0.717) is 0 Å². The highest BCUT2D eigenvalue weighted by molar-refractivity contribution is 7.87. The van der Waals surface area contributed by atoms with E-state index in [-0.39, 0.29) is 6.42 Å². The van der Waals surface area contributed by atoms with E-state index in [4.69, 9.17) is 4.55 Å². The lowest BCUT2D eigenvalue weighted by Gasteiger charge is -2.34. The number of alkyl halides is 8. The van der Waals surface area contributed by atoms with Crippen LogP contribution in [0.1, 0.15) is 13.3 Å². The van der Waals surface area contributed by atoms with Gasteiger partial charge < -0.3 is 4.74 Å². The topological polar surface area (TPSA) is 63.6 Å². The molecular weight excluding hydrogens is 332 g/mol. The van der Waals surface area contributed by atoms with E-state index >= 15 is 0 Å². The number of ether oxygens (including phenoxy) is 1. The van der Waals surface area contributed by atoms with Crippen molar-refractivity contribution in [3.63, 3.8) is 0 Å². The predicted octanol–water partition coefficient (Wildman–Crippen LogP) is 2.76. The van der Waals surface area contributed by atoms with Gasteiger partial charge in [0.1, 0.15) is 0 Å². The van der Waals surface area contributed by atoms with Gasteiger partial charge in [0.15, 0.2) is 0 Å². The highest BCUT2D eigenvalue weighted by Crippen LogP contribution is 2.54. The molecule has 0 aromatic rings. The Morgan fingerprint density at radius 2 is 1.35 bits per heavy atom. The van der Waals surface area contributed by atoms with Crippen molar-refractivity contribution in [3.8, 4) is 0 Å². The minimum Gasteiger partial charge on any atom is -0.316 e. The molecule has 0 aliphatic rings. The number of rotatable bonds is 7. The highest BCUT2D eigenvalue weighted by Gasteiger charge is 2.85. The molecule has 0 aromatic carbocycles. The van der Waals surface area contributed by atoms with Crippen molar-refractivity contribution in [3.05, 3.63) is 0 Å². The van der Waals surface area contributed by atoms with Gasteiger partial charge in [-0.15, -0.1) is 0 Å². The Hall–Kier alpha value is -0.690. The second kappa shape index (κ2) is 5.26. The van der Waals surface area contributed by atoms with Crippen LogP contribution < -0.4 is 0 Å². The molecule has 0 aromatic heterocycles. The van der Waals surface area contributed by atoms with Crippen LogP contribution in [-0.4, -0.2) is 42.8 Å². The maximum Gasteiger partial charge on any atom is 0.438 e. The molecule has 0 saturated heterocycles. The molecule has 13 heteroatoms. The molecule has 0 unspecified atom stereocenters. The van der Waals surface area contributed by atoms with Crippen LogP contribution in [0.25, 0.3) is 0 Å². The molecule has 0 spiro atoms. The van der Waals surface area contributed by atoms with Crippen LogP contribution in [-0.2, 0) is 14.9 Å². The van der Waals surface area contributed by atoms with Crippen LogP contribution in [0.5, 0.6) is 0 Å². The molecule has 0 rings (SSSR count). The summed E-state index contributed by atoms with van der Waals surface area (Å²) in [5, 5.41) is -6.84. The molecule has 1 N–H and O–H groups in total. The number of hydrogen-bond acceptors (Lipinski definition) is 3. The molecule has 0 atom stereocenters. The van der Waals surface area contributed by atoms with Gasteiger partial charge in [-0.2, -0.15) is 43.5 Å². The van der Waals surface area contributed by atoms with Crippen molar-refractivity contribution >= 4 is 10.1 Å². The van der Waals surface area contributed by atoms with Crippen molar-refractivity contribution in [2.75, 3.05) is 6.61 Å². The summed E-state index contributed by atoms with van der Waals surface area (Å²) in [6.45, 7) is -0.0602. The van der Waals surface area contributed by atoms with E-state index in [0.717, 1.165) is 6.92 Å². The van der Waals surface area contributed by atoms with E-state index in [1.165, 1.54) is 0 Å². The summed E-state index contributed by atoms with van der Waals surface area (Å²) in [6.07, 6.45) is -6.42. The summed E-state index contributed by atoms with van der Waals surface area (Å²) < 4.78 is 133. The maximum absolute atomic E-state index is 12.8. The van der Waals surface area contributed by atoms with Gasteiger partial charge in [-0.3, -0.25) is 4.55 Å². The third-order valence-electron chi connectivity index (χ3n) is 1.94. The van der Waals surface area contributed by atoms with Gasteiger partial charge in [0.05, 0.1) is 6.61 Å². The van der Waals surface area contributed by atoms with E-state index in [2.05, 4.69) is 4.74 Å². The molecular formula is C7H8F8O4S. The zero-order valence-electron chi connectivity index (χ0n) is 9.52. The monoisotopic (exact) mass is 340 g/mol. The van der Waals surface area contributed by atoms with Gasteiger partial charge in [-0.25, -0.2) is 0 Å². The molecule has 0 heterocycles. The molecule has 20 heavy (non-hydrogen) atoms. The first-order chi connectivity index (χ1) is 8.56. The highest BCUT2D eigenvalue weighted by atomic mass is 32.2. The van der Waals surface area contributed by atoms with Crippen LogP contribution >= 0.6 is 0 Å². The lowest BCUT2D eigenvalue weighted by atomic mass is 10.1. The zero-order valence-corrected chi connectivity index (χ0v) is 10.3. The minimum absolute atomic E-state index is 0.341. The predicted molar refractivity (Wildman–Crippen MR) is 47.6 cm³/mol. The zero-order chi connectivity index (χ0) is 16.6. The standard InChI is InChI=1S/C7H8F8O4S/c1-2-3-19-6(12,13)4(8,9)5(10,11)7(14,15)20(16,17)18/h2-3H2,1H3,(H,16,17,18). The SMILES string of the molecule is CCCOC(F)(F)C(F)(F)C(F)(F)C(F)(F)S(=O)(=O)O. The van der Waals surface area contributed by atoms with Crippen molar-refractivity contribution in [1.29, 1.82) is 0 Å². The Morgan fingerprint density at radius 1 is 0.950 bits per heavy atom. The van der Waals surface area contributed by atoms with Crippen LogP contribution in [0.4, 0.5) is 35.1 Å². The van der Waals surface area contributed by atoms with Gasteiger partial charge in [0, 0.05) is 0 Å². The molecule has 0 saturated carbocycles. The summed E-state index contributed by atoms with van der Waals surface area (Å²) in [5.41, 5.74) is 0. The van der Waals surface area contributed by atoms with Gasteiger partial charge in [0.25, 0.3) is 0 Å². The first-order valence-electron chi connectivity index (χ1n) is 4.68. The second-order valence-electron chi connectivity index (χ2n) is 3.51. The van der Waals surface area contributed by atoms with Gasteiger partial charge in [0.2, 0.25) is 0 Å². The summed E-state index contributed by atoms with van der Waals surface area (Å²) in [6, 6.07) is 0. The van der Waals surface area contributed by atoms with Crippen molar-refractivity contribution in [1.82, 2.24) is 0 Å². The molecule has 4 nitrogen and oxygen atoms in total. The van der Waals surface area contributed by atoms with Crippen molar-refractivity contribution in [2.24, 2.45) is 0 Å². The summed E-state index contributed by atoms with van der Waals surface area (Å²) >= 11 is 0. The van der Waals surface area contributed by atoms with Gasteiger partial charge in [-0.05, 0) is 6.42 Å². The molecule has 0 aliphatic carbocycles. The summed E-state index contributed by atoms with van der Waals surface area (Å²) in [5.74, 6) is -14.0. The first kappa shape index (κ1) is 19.3. The largest absolute Gasteiger partial charge is 0.438 e. The third kappa shape index (κ3) is 2.83. The van der Waals surface area contributed by atoms with Crippen LogP contribution in [0.3, 0.4) is 0 Å². The lowest BCUT2D eigenvalue weighted by Crippen LogP contribution is -2.64. The summed E-state index contributed by atoms with van der Waals surface area (Å²) in [4.78, 5) is 0. The Morgan fingerprint density at radius 3 is 1.65 bits per heavy atom. The Labute approximate surface area is 107 Å². The van der Waals surface area contributed by atoms with E-state index in [9.17, 15) is 43.5 Å². The average molecular weight is 340 g/mol. The Kier molecular flexibility index (Phi) is 5.07. The van der Waals surface area contributed by atoms with Gasteiger partial charge >= 0.3 is 33.3 Å². The number of hydrogen-bond donors (Lipinski definition) is 1. The molecule has 0 radical (unpaired) electrons. The number of halogens is 8. The third-order valence-corrected chi connectivity index (χ3v) is 2.84. The van der Waals surface area contributed by atoms with Crippen LogP contribution in [0.2, 0.25) is 0 Å². The lowest BCUT2D eigenvalue weighted by molar-refractivity contribution is -0.417. The second-order valence-corrected chi connectivity index (χ2v) is 4.97. The molecule has 0 aliphatic heterocycles. The minimum atomic E-state index is -7.12. The quantitative estimate of drug-likeness (QED) is 0.572. The molecule has 0 fully saturated rings. The first-order valence-corrected chi connectivity index (χ1v) is 6.12. The van der Waals surface area contributed by atoms with Gasteiger partial charge in [-0.1, -0.05) is 6.92 Å². The fraction of sp³-hybridized carbons (Fsp3) is 1.00. The Bertz CT molecular complexity index is 446. The van der Waals surface area contributed by atoms with E-state index < -0.39 is 39.9 Å². The smallest absolute Gasteiger partial charge is 0.316 e. The van der Waals surface area contributed by atoms with Crippen molar-refractivity contribution in [2.45, 2.75) is 36.6 Å². The van der Waals surface area contributed by atoms with Crippen LogP contribution in [0, 0.1) is 0 Å². The van der Waals surface area contributed by atoms with Crippen molar-refractivity contribution < 1.29 is 52.8 Å². The molecule has 0 amide bonds. The fourth-order valence-corrected chi connectivity index (χ4v) is 1.30.